The molecular formula is C14H17N3O3. The second-order valence-electron chi connectivity index (χ2n) is 4.93. The summed E-state index contributed by atoms with van der Waals surface area (Å²) in [5.41, 5.74) is 0.660. The second kappa shape index (κ2) is 6.35. The molecule has 1 fully saturated rings. The molecule has 0 radical (unpaired) electrons. The summed E-state index contributed by atoms with van der Waals surface area (Å²) in [6.45, 7) is 0.503. The molecular weight excluding hydrogens is 258 g/mol. The fourth-order valence-electron chi connectivity index (χ4n) is 2.80. The molecule has 6 heteroatoms. The molecule has 0 bridgehead atoms. The van der Waals surface area contributed by atoms with Gasteiger partial charge in [0.2, 0.25) is 0 Å². The number of nitro groups is 1. The molecule has 0 aromatic heterocycles. The molecule has 20 heavy (non-hydrogen) atoms. The van der Waals surface area contributed by atoms with Crippen LogP contribution in [-0.4, -0.2) is 29.2 Å². The molecule has 0 heterocycles. The molecule has 1 aliphatic rings. The van der Waals surface area contributed by atoms with Crippen LogP contribution in [-0.2, 0) is 0 Å². The fraction of sp³-hybridized carbons (Fsp3) is 0.500. The van der Waals surface area contributed by atoms with Crippen molar-refractivity contribution in [1.82, 2.24) is 0 Å². The van der Waals surface area contributed by atoms with E-state index in [-0.39, 0.29) is 17.9 Å². The average molecular weight is 275 g/mol. The Balaban J connectivity index is 2.33. The van der Waals surface area contributed by atoms with Crippen LogP contribution in [0.3, 0.4) is 0 Å². The number of hydrogen-bond acceptors (Lipinski definition) is 5. The Bertz CT molecular complexity index is 533. The molecule has 1 aromatic rings. The Morgan fingerprint density at radius 2 is 2.15 bits per heavy atom. The number of anilines is 1. The zero-order valence-electron chi connectivity index (χ0n) is 11.2. The van der Waals surface area contributed by atoms with Crippen LogP contribution in [0.1, 0.15) is 31.2 Å². The molecule has 0 aliphatic heterocycles. The van der Waals surface area contributed by atoms with Crippen LogP contribution in [0.15, 0.2) is 18.2 Å². The average Bonchev–Trinajstić information content (AvgIpc) is 2.97. The molecule has 0 spiro atoms. The Labute approximate surface area is 117 Å². The van der Waals surface area contributed by atoms with E-state index in [4.69, 9.17) is 5.26 Å². The molecule has 1 saturated carbocycles. The summed E-state index contributed by atoms with van der Waals surface area (Å²) in [6, 6.07) is 6.79. The minimum Gasteiger partial charge on any atom is -0.395 e. The normalized spacial score (nSPS) is 15.0. The van der Waals surface area contributed by atoms with Gasteiger partial charge in [0.05, 0.1) is 11.5 Å². The molecule has 1 aromatic carbocycles. The van der Waals surface area contributed by atoms with Crippen molar-refractivity contribution in [3.05, 3.63) is 33.9 Å². The van der Waals surface area contributed by atoms with Crippen molar-refractivity contribution in [1.29, 1.82) is 5.26 Å². The number of aliphatic hydroxyl groups excluding tert-OH is 1. The van der Waals surface area contributed by atoms with Gasteiger partial charge in [-0.2, -0.15) is 5.26 Å². The van der Waals surface area contributed by atoms with Gasteiger partial charge < -0.3 is 10.0 Å². The lowest BCUT2D eigenvalue weighted by atomic mass is 10.1. The number of hydrogen-bond donors (Lipinski definition) is 1. The van der Waals surface area contributed by atoms with E-state index in [1.165, 1.54) is 6.07 Å². The predicted octanol–water partition coefficient (Wildman–Crippen LogP) is 2.21. The van der Waals surface area contributed by atoms with E-state index in [1.807, 2.05) is 6.07 Å². The number of rotatable bonds is 5. The van der Waals surface area contributed by atoms with Crippen molar-refractivity contribution in [3.63, 3.8) is 0 Å². The van der Waals surface area contributed by atoms with Crippen molar-refractivity contribution in [2.45, 2.75) is 31.7 Å². The van der Waals surface area contributed by atoms with Crippen LogP contribution < -0.4 is 4.90 Å². The molecule has 1 N–H and O–H groups in total. The Morgan fingerprint density at radius 3 is 2.70 bits per heavy atom. The summed E-state index contributed by atoms with van der Waals surface area (Å²) >= 11 is 0. The molecule has 2 rings (SSSR count). The van der Waals surface area contributed by atoms with Crippen molar-refractivity contribution in [2.24, 2.45) is 0 Å². The van der Waals surface area contributed by atoms with Crippen LogP contribution in [0.2, 0.25) is 0 Å². The highest BCUT2D eigenvalue weighted by molar-refractivity contribution is 5.60. The van der Waals surface area contributed by atoms with Crippen LogP contribution in [0, 0.1) is 21.4 Å². The van der Waals surface area contributed by atoms with E-state index in [1.54, 1.807) is 12.1 Å². The lowest BCUT2D eigenvalue weighted by Gasteiger charge is -2.30. The van der Waals surface area contributed by atoms with Gasteiger partial charge in [0, 0.05) is 24.3 Å². The van der Waals surface area contributed by atoms with Crippen LogP contribution in [0.4, 0.5) is 11.4 Å². The summed E-state index contributed by atoms with van der Waals surface area (Å²) in [6.07, 6.45) is 4.42. The SMILES string of the molecule is N#Cc1cc(N(CCO)C2CCCC2)ccc1[N+](=O)[O-]. The molecule has 6 nitrogen and oxygen atoms in total. The van der Waals surface area contributed by atoms with Gasteiger partial charge in [-0.1, -0.05) is 12.8 Å². The number of nitro benzene ring substituents is 1. The fourth-order valence-corrected chi connectivity index (χ4v) is 2.80. The molecule has 1 aliphatic carbocycles. The minimum atomic E-state index is -0.547. The molecule has 0 saturated heterocycles. The Kier molecular flexibility index (Phi) is 4.53. The topological polar surface area (TPSA) is 90.4 Å². The van der Waals surface area contributed by atoms with Gasteiger partial charge in [-0.3, -0.25) is 10.1 Å². The maximum absolute atomic E-state index is 10.8. The number of aliphatic hydroxyl groups is 1. The second-order valence-corrected chi connectivity index (χ2v) is 4.93. The molecule has 0 atom stereocenters. The smallest absolute Gasteiger partial charge is 0.287 e. The van der Waals surface area contributed by atoms with Gasteiger partial charge in [0.1, 0.15) is 11.6 Å². The standard InChI is InChI=1S/C14H17N3O3/c15-10-11-9-13(5-6-14(11)17(19)20)16(7-8-18)12-3-1-2-4-12/h5-6,9,12,18H,1-4,7-8H2. The highest BCUT2D eigenvalue weighted by Crippen LogP contribution is 2.30. The summed E-state index contributed by atoms with van der Waals surface area (Å²) < 4.78 is 0. The van der Waals surface area contributed by atoms with Crippen molar-refractivity contribution < 1.29 is 10.0 Å². The van der Waals surface area contributed by atoms with Gasteiger partial charge in [-0.15, -0.1) is 0 Å². The van der Waals surface area contributed by atoms with E-state index in [0.717, 1.165) is 31.4 Å². The van der Waals surface area contributed by atoms with Gasteiger partial charge >= 0.3 is 0 Å². The van der Waals surface area contributed by atoms with Crippen LogP contribution in [0.5, 0.6) is 0 Å². The van der Waals surface area contributed by atoms with Crippen LogP contribution >= 0.6 is 0 Å². The van der Waals surface area contributed by atoms with Crippen molar-refractivity contribution in [2.75, 3.05) is 18.1 Å². The van der Waals surface area contributed by atoms with E-state index in [2.05, 4.69) is 4.90 Å². The van der Waals surface area contributed by atoms with E-state index in [0.29, 0.717) is 12.6 Å². The number of nitriles is 1. The quantitative estimate of drug-likeness (QED) is 0.657. The number of benzene rings is 1. The lowest BCUT2D eigenvalue weighted by Crippen LogP contribution is -2.35. The zero-order valence-corrected chi connectivity index (χ0v) is 11.2. The summed E-state index contributed by atoms with van der Waals surface area (Å²) in [4.78, 5) is 12.4. The third-order valence-corrected chi connectivity index (χ3v) is 3.74. The van der Waals surface area contributed by atoms with Gasteiger partial charge in [0.15, 0.2) is 0 Å². The summed E-state index contributed by atoms with van der Waals surface area (Å²) in [7, 11) is 0. The number of nitrogens with zero attached hydrogens (tertiary/aromatic N) is 3. The highest BCUT2D eigenvalue weighted by Gasteiger charge is 2.24. The Morgan fingerprint density at radius 1 is 1.45 bits per heavy atom. The zero-order chi connectivity index (χ0) is 14.5. The first kappa shape index (κ1) is 14.3. The lowest BCUT2D eigenvalue weighted by molar-refractivity contribution is -0.385. The molecule has 106 valence electrons. The minimum absolute atomic E-state index is 0.0232. The van der Waals surface area contributed by atoms with Gasteiger partial charge in [-0.25, -0.2) is 0 Å². The van der Waals surface area contributed by atoms with Gasteiger partial charge in [0.25, 0.3) is 5.69 Å². The van der Waals surface area contributed by atoms with Crippen LogP contribution in [0.25, 0.3) is 0 Å². The third-order valence-electron chi connectivity index (χ3n) is 3.74. The van der Waals surface area contributed by atoms with E-state index in [9.17, 15) is 15.2 Å². The first-order valence-corrected chi connectivity index (χ1v) is 6.73. The third kappa shape index (κ3) is 2.89. The first-order chi connectivity index (χ1) is 9.67. The molecule has 0 unspecified atom stereocenters. The van der Waals surface area contributed by atoms with E-state index < -0.39 is 4.92 Å². The largest absolute Gasteiger partial charge is 0.395 e. The van der Waals surface area contributed by atoms with Crippen molar-refractivity contribution >= 4 is 11.4 Å². The Hall–Kier alpha value is -2.13. The van der Waals surface area contributed by atoms with E-state index >= 15 is 0 Å². The maximum Gasteiger partial charge on any atom is 0.287 e. The predicted molar refractivity (Wildman–Crippen MR) is 74.5 cm³/mol. The van der Waals surface area contributed by atoms with Crippen molar-refractivity contribution in [3.8, 4) is 6.07 Å². The highest BCUT2D eigenvalue weighted by atomic mass is 16.6. The summed E-state index contributed by atoms with van der Waals surface area (Å²) in [5, 5.41) is 29.1. The monoisotopic (exact) mass is 275 g/mol. The van der Waals surface area contributed by atoms with Gasteiger partial charge in [-0.05, 0) is 25.0 Å². The maximum atomic E-state index is 10.8. The first-order valence-electron chi connectivity index (χ1n) is 6.73. The molecule has 0 amide bonds. The summed E-state index contributed by atoms with van der Waals surface area (Å²) in [5.74, 6) is 0.